The van der Waals surface area contributed by atoms with E-state index in [4.69, 9.17) is 15.2 Å². The third-order valence-corrected chi connectivity index (χ3v) is 4.06. The average molecular weight is 447 g/mol. The van der Waals surface area contributed by atoms with Crippen LogP contribution >= 0.6 is 24.0 Å². The predicted molar refractivity (Wildman–Crippen MR) is 109 cm³/mol. The van der Waals surface area contributed by atoms with Crippen LogP contribution in [-0.2, 0) is 11.3 Å². The van der Waals surface area contributed by atoms with Gasteiger partial charge in [-0.25, -0.2) is 4.99 Å². The summed E-state index contributed by atoms with van der Waals surface area (Å²) in [7, 11) is 1.70. The van der Waals surface area contributed by atoms with Crippen molar-refractivity contribution in [3.63, 3.8) is 0 Å². The molecule has 2 rings (SSSR count). The maximum Gasteiger partial charge on any atom is 0.191 e. The summed E-state index contributed by atoms with van der Waals surface area (Å²) in [5.41, 5.74) is 7.25. The van der Waals surface area contributed by atoms with Crippen molar-refractivity contribution in [2.75, 3.05) is 33.4 Å². The maximum atomic E-state index is 6.14. The van der Waals surface area contributed by atoms with E-state index in [1.165, 1.54) is 12.8 Å². The molecule has 2 N–H and O–H groups in total. The molecule has 1 aliphatic heterocycles. The second-order valence-electron chi connectivity index (χ2n) is 6.21. The van der Waals surface area contributed by atoms with Gasteiger partial charge in [-0.3, -0.25) is 0 Å². The van der Waals surface area contributed by atoms with Crippen molar-refractivity contribution in [1.29, 1.82) is 0 Å². The maximum absolute atomic E-state index is 6.14. The third-order valence-electron chi connectivity index (χ3n) is 4.06. The van der Waals surface area contributed by atoms with Gasteiger partial charge in [0.15, 0.2) is 5.96 Å². The van der Waals surface area contributed by atoms with E-state index in [1.54, 1.807) is 7.11 Å². The number of nitrogens with two attached hydrogens (primary N) is 1. The molecule has 1 fully saturated rings. The van der Waals surface area contributed by atoms with Crippen molar-refractivity contribution in [2.45, 2.75) is 32.7 Å². The first kappa shape index (κ1) is 21.0. The molecule has 136 valence electrons. The Bertz CT molecular complexity index is 511. The van der Waals surface area contributed by atoms with Gasteiger partial charge in [-0.2, -0.15) is 0 Å². The Kier molecular flexibility index (Phi) is 10.1. The van der Waals surface area contributed by atoms with Crippen LogP contribution in [0, 0.1) is 5.92 Å². The molecule has 1 unspecified atom stereocenters. The number of ether oxygens (including phenoxy) is 2. The van der Waals surface area contributed by atoms with Crippen LogP contribution in [0.3, 0.4) is 0 Å². The van der Waals surface area contributed by atoms with Gasteiger partial charge in [0.05, 0.1) is 13.2 Å². The number of benzene rings is 1. The molecule has 0 amide bonds. The molecule has 1 atom stereocenters. The van der Waals surface area contributed by atoms with Gasteiger partial charge >= 0.3 is 0 Å². The molecule has 0 radical (unpaired) electrons. The number of hydrogen-bond acceptors (Lipinski definition) is 3. The molecule has 24 heavy (non-hydrogen) atoms. The molecule has 0 saturated carbocycles. The number of piperidine rings is 1. The Morgan fingerprint density at radius 2 is 2.21 bits per heavy atom. The summed E-state index contributed by atoms with van der Waals surface area (Å²) < 4.78 is 10.7. The lowest BCUT2D eigenvalue weighted by molar-refractivity contribution is 0.172. The Morgan fingerprint density at radius 3 is 2.96 bits per heavy atom. The largest absolute Gasteiger partial charge is 0.493 e. The van der Waals surface area contributed by atoms with Crippen LogP contribution < -0.4 is 10.5 Å². The quantitative estimate of drug-likeness (QED) is 0.302. The molecule has 0 bridgehead atoms. The van der Waals surface area contributed by atoms with E-state index in [1.807, 2.05) is 18.2 Å². The van der Waals surface area contributed by atoms with Gasteiger partial charge in [0.25, 0.3) is 0 Å². The second kappa shape index (κ2) is 11.5. The third kappa shape index (κ3) is 7.25. The number of aliphatic imine (C=N–C) groups is 1. The lowest BCUT2D eigenvalue weighted by Crippen LogP contribution is -2.43. The molecular weight excluding hydrogens is 417 g/mol. The number of halogens is 1. The Morgan fingerprint density at radius 1 is 1.38 bits per heavy atom. The van der Waals surface area contributed by atoms with E-state index in [0.29, 0.717) is 25.0 Å². The Labute approximate surface area is 162 Å². The van der Waals surface area contributed by atoms with Gasteiger partial charge in [-0.1, -0.05) is 19.1 Å². The van der Waals surface area contributed by atoms with Crippen molar-refractivity contribution < 1.29 is 9.47 Å². The number of rotatable bonds is 7. The van der Waals surface area contributed by atoms with Gasteiger partial charge in [-0.05, 0) is 36.5 Å². The normalized spacial score (nSPS) is 18.2. The van der Waals surface area contributed by atoms with E-state index in [9.17, 15) is 0 Å². The minimum atomic E-state index is 0. The summed E-state index contributed by atoms with van der Waals surface area (Å²) >= 11 is 0. The van der Waals surface area contributed by atoms with Gasteiger partial charge in [0.2, 0.25) is 0 Å². The highest BCUT2D eigenvalue weighted by Crippen LogP contribution is 2.16. The summed E-state index contributed by atoms with van der Waals surface area (Å²) in [5.74, 6) is 2.23. The van der Waals surface area contributed by atoms with Crippen LogP contribution in [-0.4, -0.2) is 44.3 Å². The van der Waals surface area contributed by atoms with E-state index < -0.39 is 0 Å². The standard InChI is InChI=1S/C18H29N3O2.HI/c1-15-6-4-9-21(14-15)18(19)20-13-16-7-3-8-17(12-16)23-11-5-10-22-2;/h3,7-8,12,15H,4-6,9-11,13-14H2,1-2H3,(H2,19,20);1H. The zero-order valence-corrected chi connectivity index (χ0v) is 17.1. The fourth-order valence-corrected chi connectivity index (χ4v) is 2.80. The number of guanidine groups is 1. The van der Waals surface area contributed by atoms with Crippen LogP contribution in [0.4, 0.5) is 0 Å². The smallest absolute Gasteiger partial charge is 0.191 e. The van der Waals surface area contributed by atoms with E-state index in [-0.39, 0.29) is 24.0 Å². The van der Waals surface area contributed by atoms with Crippen LogP contribution in [0.25, 0.3) is 0 Å². The number of hydrogen-bond donors (Lipinski definition) is 1. The van der Waals surface area contributed by atoms with Gasteiger partial charge in [0, 0.05) is 33.2 Å². The van der Waals surface area contributed by atoms with Crippen molar-refractivity contribution in [3.05, 3.63) is 29.8 Å². The van der Waals surface area contributed by atoms with Crippen molar-refractivity contribution in [1.82, 2.24) is 4.90 Å². The summed E-state index contributed by atoms with van der Waals surface area (Å²) in [5, 5.41) is 0. The van der Waals surface area contributed by atoms with E-state index in [2.05, 4.69) is 22.9 Å². The second-order valence-corrected chi connectivity index (χ2v) is 6.21. The number of nitrogens with zero attached hydrogens (tertiary/aromatic N) is 2. The number of likely N-dealkylation sites (tertiary alicyclic amines) is 1. The highest BCUT2D eigenvalue weighted by molar-refractivity contribution is 14.0. The van der Waals surface area contributed by atoms with E-state index in [0.717, 1.165) is 37.4 Å². The van der Waals surface area contributed by atoms with Crippen LogP contribution in [0.1, 0.15) is 31.7 Å². The van der Waals surface area contributed by atoms with Crippen molar-refractivity contribution >= 4 is 29.9 Å². The first-order chi connectivity index (χ1) is 11.2. The lowest BCUT2D eigenvalue weighted by Gasteiger charge is -2.31. The molecule has 6 heteroatoms. The molecule has 0 aliphatic carbocycles. The molecule has 1 saturated heterocycles. The first-order valence-electron chi connectivity index (χ1n) is 8.44. The monoisotopic (exact) mass is 447 g/mol. The van der Waals surface area contributed by atoms with E-state index >= 15 is 0 Å². The fourth-order valence-electron chi connectivity index (χ4n) is 2.80. The highest BCUT2D eigenvalue weighted by Gasteiger charge is 2.17. The summed E-state index contributed by atoms with van der Waals surface area (Å²) in [6.45, 7) is 6.26. The molecular formula is C18H30IN3O2. The summed E-state index contributed by atoms with van der Waals surface area (Å²) in [6.07, 6.45) is 3.37. The van der Waals surface area contributed by atoms with Crippen LogP contribution in [0.2, 0.25) is 0 Å². The molecule has 1 aromatic carbocycles. The molecule has 1 aliphatic rings. The summed E-state index contributed by atoms with van der Waals surface area (Å²) in [4.78, 5) is 6.74. The molecule has 0 aromatic heterocycles. The Hall–Kier alpha value is -1.02. The van der Waals surface area contributed by atoms with Gasteiger partial charge in [-0.15, -0.1) is 24.0 Å². The minimum absolute atomic E-state index is 0. The van der Waals surface area contributed by atoms with Crippen molar-refractivity contribution in [2.24, 2.45) is 16.6 Å². The molecule has 1 heterocycles. The highest BCUT2D eigenvalue weighted by atomic mass is 127. The van der Waals surface area contributed by atoms with Crippen LogP contribution in [0.15, 0.2) is 29.3 Å². The molecule has 0 spiro atoms. The minimum Gasteiger partial charge on any atom is -0.493 e. The summed E-state index contributed by atoms with van der Waals surface area (Å²) in [6, 6.07) is 8.05. The lowest BCUT2D eigenvalue weighted by atomic mass is 10.0. The van der Waals surface area contributed by atoms with Crippen molar-refractivity contribution in [3.8, 4) is 5.75 Å². The predicted octanol–water partition coefficient (Wildman–Crippen LogP) is 3.27. The molecule has 5 nitrogen and oxygen atoms in total. The van der Waals surface area contributed by atoms with Gasteiger partial charge in [0.1, 0.15) is 5.75 Å². The average Bonchev–Trinajstić information content (AvgIpc) is 2.57. The van der Waals surface area contributed by atoms with Crippen LogP contribution in [0.5, 0.6) is 5.75 Å². The zero-order chi connectivity index (χ0) is 16.5. The fraction of sp³-hybridized carbons (Fsp3) is 0.611. The Balaban J connectivity index is 0.00000288. The molecule has 1 aromatic rings. The SMILES string of the molecule is COCCCOc1cccc(CN=C(N)N2CCCC(C)C2)c1.I. The van der Waals surface area contributed by atoms with Gasteiger partial charge < -0.3 is 20.1 Å². The first-order valence-corrected chi connectivity index (χ1v) is 8.44. The number of methoxy groups -OCH3 is 1. The zero-order valence-electron chi connectivity index (χ0n) is 14.7. The topological polar surface area (TPSA) is 60.1 Å².